The molecule has 0 unspecified atom stereocenters. The lowest BCUT2D eigenvalue weighted by molar-refractivity contribution is -0.141. The van der Waals surface area contributed by atoms with Crippen LogP contribution in [0.4, 0.5) is 22.0 Å². The number of nitrogens with zero attached hydrogens (tertiary/aromatic N) is 3. The van der Waals surface area contributed by atoms with Gasteiger partial charge in [0.15, 0.2) is 5.78 Å². The molecule has 0 fully saturated rings. The highest BCUT2D eigenvalue weighted by Gasteiger charge is 2.31. The van der Waals surface area contributed by atoms with Gasteiger partial charge in [0.25, 0.3) is 0 Å². The van der Waals surface area contributed by atoms with Crippen molar-refractivity contribution in [1.29, 1.82) is 5.26 Å². The van der Waals surface area contributed by atoms with Gasteiger partial charge in [0.1, 0.15) is 24.2 Å². The van der Waals surface area contributed by atoms with Crippen LogP contribution in [0.15, 0.2) is 30.5 Å². The third-order valence-electron chi connectivity index (χ3n) is 3.74. The minimum Gasteiger partial charge on any atom is -0.288 e. The normalized spacial score (nSPS) is 11.6. The lowest BCUT2D eigenvalue weighted by atomic mass is 9.95. The summed E-state index contributed by atoms with van der Waals surface area (Å²) < 4.78 is 66.4. The van der Waals surface area contributed by atoms with Gasteiger partial charge in [-0.25, -0.2) is 8.78 Å². The first-order valence-electron chi connectivity index (χ1n) is 7.27. The molecule has 0 aliphatic rings. The van der Waals surface area contributed by atoms with Gasteiger partial charge in [-0.15, -0.1) is 0 Å². The molecule has 3 rings (SSSR count). The first kappa shape index (κ1) is 18.8. The van der Waals surface area contributed by atoms with E-state index >= 15 is 0 Å². The maximum Gasteiger partial charge on any atom is 0.408 e. The second-order valence-corrected chi connectivity index (χ2v) is 5.93. The van der Waals surface area contributed by atoms with Crippen molar-refractivity contribution in [3.8, 4) is 6.07 Å². The minimum atomic E-state index is -4.62. The van der Waals surface area contributed by atoms with E-state index in [1.165, 1.54) is 0 Å². The molecular weight excluding hydrogens is 393 g/mol. The van der Waals surface area contributed by atoms with Crippen LogP contribution < -0.4 is 0 Å². The second-order valence-electron chi connectivity index (χ2n) is 5.52. The Morgan fingerprint density at radius 3 is 2.59 bits per heavy atom. The lowest BCUT2D eigenvalue weighted by Gasteiger charge is -2.10. The van der Waals surface area contributed by atoms with Crippen LogP contribution in [0.2, 0.25) is 5.02 Å². The Morgan fingerprint density at radius 1 is 1.26 bits per heavy atom. The quantitative estimate of drug-likeness (QED) is 0.476. The molecule has 0 amide bonds. The van der Waals surface area contributed by atoms with Crippen LogP contribution in [0, 0.1) is 23.0 Å². The molecule has 0 saturated carbocycles. The maximum atomic E-state index is 14.6. The molecule has 1 aromatic heterocycles. The Balaban J connectivity index is 2.23. The number of hydrogen-bond acceptors (Lipinski definition) is 3. The Kier molecular flexibility index (Phi) is 4.61. The van der Waals surface area contributed by atoms with Crippen molar-refractivity contribution >= 4 is 28.3 Å². The topological polar surface area (TPSA) is 58.7 Å². The van der Waals surface area contributed by atoms with Crippen LogP contribution in [0.1, 0.15) is 21.5 Å². The van der Waals surface area contributed by atoms with Crippen LogP contribution in [-0.2, 0) is 6.54 Å². The predicted molar refractivity (Wildman–Crippen MR) is 85.3 cm³/mol. The van der Waals surface area contributed by atoms with Crippen LogP contribution in [0.5, 0.6) is 0 Å². The van der Waals surface area contributed by atoms with E-state index in [2.05, 4.69) is 5.10 Å². The molecule has 1 heterocycles. The van der Waals surface area contributed by atoms with Gasteiger partial charge in [-0.3, -0.25) is 9.48 Å². The third-order valence-corrected chi connectivity index (χ3v) is 4.07. The van der Waals surface area contributed by atoms with E-state index < -0.39 is 41.3 Å². The fourth-order valence-corrected chi connectivity index (χ4v) is 2.83. The van der Waals surface area contributed by atoms with Crippen LogP contribution >= 0.6 is 11.6 Å². The van der Waals surface area contributed by atoms with Gasteiger partial charge in [-0.05, 0) is 18.2 Å². The summed E-state index contributed by atoms with van der Waals surface area (Å²) in [6, 6.07) is 5.15. The zero-order chi connectivity index (χ0) is 19.9. The zero-order valence-corrected chi connectivity index (χ0v) is 13.9. The molecule has 0 radical (unpaired) electrons. The highest BCUT2D eigenvalue weighted by molar-refractivity contribution is 6.35. The van der Waals surface area contributed by atoms with Crippen molar-refractivity contribution in [2.24, 2.45) is 0 Å². The molecule has 0 saturated heterocycles. The summed E-state index contributed by atoms with van der Waals surface area (Å²) in [6.07, 6.45) is -3.69. The fourth-order valence-electron chi connectivity index (χ4n) is 2.63. The summed E-state index contributed by atoms with van der Waals surface area (Å²) in [7, 11) is 0. The minimum absolute atomic E-state index is 0.140. The molecule has 138 valence electrons. The first-order valence-corrected chi connectivity index (χ1v) is 7.65. The number of alkyl halides is 3. The molecule has 0 aliphatic heterocycles. The Labute approximate surface area is 153 Å². The van der Waals surface area contributed by atoms with Crippen molar-refractivity contribution in [2.75, 3.05) is 0 Å². The monoisotopic (exact) mass is 399 g/mol. The summed E-state index contributed by atoms with van der Waals surface area (Å²) in [5.41, 5.74) is -1.91. The predicted octanol–water partition coefficient (Wildman–Crippen LogP) is 4.63. The molecule has 27 heavy (non-hydrogen) atoms. The van der Waals surface area contributed by atoms with E-state index in [1.54, 1.807) is 6.07 Å². The molecule has 0 spiro atoms. The van der Waals surface area contributed by atoms with E-state index in [4.69, 9.17) is 11.6 Å². The van der Waals surface area contributed by atoms with E-state index in [9.17, 15) is 32.0 Å². The first-order chi connectivity index (χ1) is 12.6. The number of benzene rings is 2. The highest BCUT2D eigenvalue weighted by atomic mass is 35.5. The van der Waals surface area contributed by atoms with Gasteiger partial charge in [0, 0.05) is 17.0 Å². The molecule has 0 aliphatic carbocycles. The van der Waals surface area contributed by atoms with Crippen molar-refractivity contribution in [3.63, 3.8) is 0 Å². The maximum absolute atomic E-state index is 14.6. The van der Waals surface area contributed by atoms with Crippen molar-refractivity contribution < 1.29 is 26.7 Å². The lowest BCUT2D eigenvalue weighted by Crippen LogP contribution is -2.18. The van der Waals surface area contributed by atoms with Gasteiger partial charge >= 0.3 is 6.18 Å². The van der Waals surface area contributed by atoms with Crippen molar-refractivity contribution in [2.45, 2.75) is 12.7 Å². The number of ketones is 1. The highest BCUT2D eigenvalue weighted by Crippen LogP contribution is 2.30. The number of carbonyl (C=O) groups excluding carboxylic acids is 1. The van der Waals surface area contributed by atoms with Crippen LogP contribution in [0.3, 0.4) is 0 Å². The average Bonchev–Trinajstić information content (AvgIpc) is 2.95. The summed E-state index contributed by atoms with van der Waals surface area (Å²) >= 11 is 5.85. The van der Waals surface area contributed by atoms with E-state index in [1.807, 2.05) is 0 Å². The van der Waals surface area contributed by atoms with Crippen LogP contribution in [-0.4, -0.2) is 21.7 Å². The molecule has 0 atom stereocenters. The summed E-state index contributed by atoms with van der Waals surface area (Å²) in [5.74, 6) is -3.12. The number of fused-ring (bicyclic) bond motifs is 1. The molecule has 0 bridgehead atoms. The van der Waals surface area contributed by atoms with E-state index in [0.29, 0.717) is 10.7 Å². The second kappa shape index (κ2) is 6.63. The number of halogens is 6. The molecular formula is C17H7ClF5N3O. The fraction of sp³-hybridized carbons (Fsp3) is 0.118. The number of nitriles is 1. The molecule has 10 heteroatoms. The van der Waals surface area contributed by atoms with Gasteiger partial charge in [-0.1, -0.05) is 11.6 Å². The third kappa shape index (κ3) is 3.48. The number of aromatic nitrogens is 2. The van der Waals surface area contributed by atoms with Gasteiger partial charge < -0.3 is 0 Å². The Morgan fingerprint density at radius 2 is 1.96 bits per heavy atom. The van der Waals surface area contributed by atoms with Gasteiger partial charge in [0.2, 0.25) is 0 Å². The number of carbonyl (C=O) groups is 1. The van der Waals surface area contributed by atoms with E-state index in [-0.39, 0.29) is 21.5 Å². The van der Waals surface area contributed by atoms with Crippen LogP contribution in [0.25, 0.3) is 10.9 Å². The molecule has 2 aromatic carbocycles. The van der Waals surface area contributed by atoms with Crippen molar-refractivity contribution in [3.05, 3.63) is 63.8 Å². The summed E-state index contributed by atoms with van der Waals surface area (Å²) in [6.45, 7) is -1.50. The molecule has 3 aromatic rings. The van der Waals surface area contributed by atoms with Gasteiger partial charge in [-0.2, -0.15) is 23.5 Å². The Hall–Kier alpha value is -2.99. The number of hydrogen-bond donors (Lipinski definition) is 0. The Bertz CT molecular complexity index is 1110. The number of rotatable bonds is 3. The smallest absolute Gasteiger partial charge is 0.288 e. The molecule has 0 N–H and O–H groups in total. The molecule has 4 nitrogen and oxygen atoms in total. The summed E-state index contributed by atoms with van der Waals surface area (Å²) in [4.78, 5) is 12.6. The largest absolute Gasteiger partial charge is 0.408 e. The van der Waals surface area contributed by atoms with E-state index in [0.717, 1.165) is 24.4 Å². The average molecular weight is 400 g/mol. The van der Waals surface area contributed by atoms with Crippen molar-refractivity contribution in [1.82, 2.24) is 9.78 Å². The summed E-state index contributed by atoms with van der Waals surface area (Å²) in [5, 5.41) is 12.6. The zero-order valence-electron chi connectivity index (χ0n) is 13.1. The standard InChI is InChI=1S/C17H7ClF5N3O/c18-12-2-1-8(19)3-9(12)16(27)15-10(5-24)11-6-25-26(7-17(21,22)23)14(11)4-13(15)20/h1-4,6H,7H2. The van der Waals surface area contributed by atoms with Gasteiger partial charge in [0.05, 0.1) is 27.9 Å². The SMILES string of the molecule is N#Cc1c(C(=O)c2cc(F)ccc2Cl)c(F)cc2c1cnn2CC(F)(F)F.